The maximum atomic E-state index is 14.1. The van der Waals surface area contributed by atoms with Crippen molar-refractivity contribution in [2.24, 2.45) is 0 Å². The lowest BCUT2D eigenvalue weighted by atomic mass is 9.91. The van der Waals surface area contributed by atoms with Crippen LogP contribution in [0.2, 0.25) is 0 Å². The van der Waals surface area contributed by atoms with Crippen molar-refractivity contribution in [1.29, 1.82) is 0 Å². The third-order valence-electron chi connectivity index (χ3n) is 6.00. The molecule has 0 radical (unpaired) electrons. The summed E-state index contributed by atoms with van der Waals surface area (Å²) in [4.78, 5) is 29.3. The second-order valence-electron chi connectivity index (χ2n) is 8.53. The number of hydrogen-bond donors (Lipinski definition) is 2. The van der Waals surface area contributed by atoms with Crippen LogP contribution in [0.4, 0.5) is 21.6 Å². The Morgan fingerprint density at radius 3 is 2.45 bits per heavy atom. The molecule has 2 N–H and O–H groups in total. The van der Waals surface area contributed by atoms with Crippen molar-refractivity contribution in [2.75, 3.05) is 24.3 Å². The summed E-state index contributed by atoms with van der Waals surface area (Å²) in [6.07, 6.45) is 3.15. The van der Waals surface area contributed by atoms with E-state index in [0.29, 0.717) is 0 Å². The van der Waals surface area contributed by atoms with Crippen LogP contribution in [0.25, 0.3) is 10.9 Å². The number of rotatable bonds is 6. The Kier molecular flexibility index (Phi) is 6.39. The summed E-state index contributed by atoms with van der Waals surface area (Å²) in [6.45, 7) is 0. The number of halogens is 1. The molecule has 3 aromatic rings. The van der Waals surface area contributed by atoms with E-state index in [0.717, 1.165) is 66.3 Å². The molecule has 0 atom stereocenters. The summed E-state index contributed by atoms with van der Waals surface area (Å²) < 4.78 is 14.1. The van der Waals surface area contributed by atoms with Gasteiger partial charge in [0.1, 0.15) is 11.6 Å². The van der Waals surface area contributed by atoms with E-state index in [2.05, 4.69) is 21.6 Å². The standard InChI is InChI=1S/C24H26FN5O3/c1-29(2)22-14-23(28-21-6-4-3-5-19(21)22)26-15-7-9-16(10-8-15)27-24(31)18-12-11-17(30(32)33)13-20(18)25/h3-6,11-16H,7-10H2,1-2H3,(H,26,28)(H,27,31)/t15-,16+. The molecule has 172 valence electrons. The predicted molar refractivity (Wildman–Crippen MR) is 126 cm³/mol. The van der Waals surface area contributed by atoms with Crippen LogP contribution in [0.3, 0.4) is 0 Å². The van der Waals surface area contributed by atoms with E-state index in [1.165, 1.54) is 0 Å². The van der Waals surface area contributed by atoms with E-state index >= 15 is 0 Å². The number of nitro benzene ring substituents is 1. The second kappa shape index (κ2) is 9.40. The number of aromatic nitrogens is 1. The predicted octanol–water partition coefficient (Wildman–Crippen LogP) is 4.50. The quantitative estimate of drug-likeness (QED) is 0.423. The van der Waals surface area contributed by atoms with Crippen molar-refractivity contribution in [3.63, 3.8) is 0 Å². The van der Waals surface area contributed by atoms with Crippen LogP contribution in [-0.2, 0) is 0 Å². The van der Waals surface area contributed by atoms with Gasteiger partial charge in [-0.05, 0) is 37.8 Å². The molecule has 4 rings (SSSR count). The van der Waals surface area contributed by atoms with Gasteiger partial charge in [0.05, 0.1) is 22.1 Å². The van der Waals surface area contributed by atoms with Gasteiger partial charge in [-0.3, -0.25) is 14.9 Å². The highest BCUT2D eigenvalue weighted by Crippen LogP contribution is 2.29. The van der Waals surface area contributed by atoms with Crippen LogP contribution in [0.5, 0.6) is 0 Å². The molecule has 0 bridgehead atoms. The lowest BCUT2D eigenvalue weighted by Crippen LogP contribution is -2.40. The first-order valence-electron chi connectivity index (χ1n) is 10.9. The molecule has 1 aliphatic carbocycles. The molecule has 1 aromatic heterocycles. The number of amides is 1. The Balaban J connectivity index is 1.37. The fourth-order valence-electron chi connectivity index (χ4n) is 4.26. The second-order valence-corrected chi connectivity index (χ2v) is 8.53. The van der Waals surface area contributed by atoms with Crippen LogP contribution < -0.4 is 15.5 Å². The third kappa shape index (κ3) is 5.02. The summed E-state index contributed by atoms with van der Waals surface area (Å²) in [5.41, 5.74) is 1.46. The van der Waals surface area contributed by atoms with Gasteiger partial charge < -0.3 is 15.5 Å². The van der Waals surface area contributed by atoms with Crippen LogP contribution >= 0.6 is 0 Å². The van der Waals surface area contributed by atoms with Gasteiger partial charge in [0.15, 0.2) is 0 Å². The lowest BCUT2D eigenvalue weighted by Gasteiger charge is -2.30. The van der Waals surface area contributed by atoms with Gasteiger partial charge >= 0.3 is 0 Å². The largest absolute Gasteiger partial charge is 0.377 e. The molecule has 0 unspecified atom stereocenters. The Labute approximate surface area is 191 Å². The number of nitro groups is 1. The number of para-hydroxylation sites is 1. The minimum Gasteiger partial charge on any atom is -0.377 e. The van der Waals surface area contributed by atoms with Crippen LogP contribution in [0.1, 0.15) is 36.0 Å². The number of nitrogens with zero attached hydrogens (tertiary/aromatic N) is 3. The van der Waals surface area contributed by atoms with E-state index in [1.807, 2.05) is 38.4 Å². The van der Waals surface area contributed by atoms with Crippen molar-refractivity contribution in [3.8, 4) is 0 Å². The van der Waals surface area contributed by atoms with Gasteiger partial charge in [0, 0.05) is 49.4 Å². The normalized spacial score (nSPS) is 18.0. The van der Waals surface area contributed by atoms with Crippen molar-refractivity contribution >= 4 is 34.0 Å². The maximum Gasteiger partial charge on any atom is 0.272 e. The van der Waals surface area contributed by atoms with Crippen molar-refractivity contribution in [1.82, 2.24) is 10.3 Å². The van der Waals surface area contributed by atoms with Gasteiger partial charge in [-0.25, -0.2) is 9.37 Å². The Morgan fingerprint density at radius 2 is 1.79 bits per heavy atom. The number of carbonyl (C=O) groups is 1. The van der Waals surface area contributed by atoms with Gasteiger partial charge in [-0.1, -0.05) is 18.2 Å². The number of fused-ring (bicyclic) bond motifs is 1. The van der Waals surface area contributed by atoms with Crippen LogP contribution in [0.15, 0.2) is 48.5 Å². The first kappa shape index (κ1) is 22.4. The summed E-state index contributed by atoms with van der Waals surface area (Å²) in [5, 5.41) is 18.2. The monoisotopic (exact) mass is 451 g/mol. The molecule has 2 aromatic carbocycles. The molecule has 1 heterocycles. The maximum absolute atomic E-state index is 14.1. The fraction of sp³-hybridized carbons (Fsp3) is 0.333. The number of hydrogen-bond acceptors (Lipinski definition) is 6. The van der Waals surface area contributed by atoms with Gasteiger partial charge in [0.25, 0.3) is 11.6 Å². The average Bonchev–Trinajstić information content (AvgIpc) is 2.79. The zero-order valence-corrected chi connectivity index (χ0v) is 18.5. The molecule has 9 heteroatoms. The number of carbonyl (C=O) groups excluding carboxylic acids is 1. The minimum atomic E-state index is -0.892. The SMILES string of the molecule is CN(C)c1cc(N[C@H]2CC[C@@H](NC(=O)c3ccc([N+](=O)[O-])cc3F)CC2)nc2ccccc12. The van der Waals surface area contributed by atoms with Gasteiger partial charge in [0.2, 0.25) is 0 Å². The van der Waals surface area contributed by atoms with E-state index in [4.69, 9.17) is 4.98 Å². The first-order chi connectivity index (χ1) is 15.8. The topological polar surface area (TPSA) is 100 Å². The van der Waals surface area contributed by atoms with Crippen LogP contribution in [0, 0.1) is 15.9 Å². The van der Waals surface area contributed by atoms with E-state index in [-0.39, 0.29) is 23.3 Å². The van der Waals surface area contributed by atoms with E-state index in [9.17, 15) is 19.3 Å². The number of anilines is 2. The molecule has 1 fully saturated rings. The molecule has 0 aliphatic heterocycles. The number of nitrogens with one attached hydrogen (secondary N) is 2. The minimum absolute atomic E-state index is 0.0768. The zero-order chi connectivity index (χ0) is 23.5. The molecule has 1 saturated carbocycles. The molecule has 8 nitrogen and oxygen atoms in total. The number of benzene rings is 2. The third-order valence-corrected chi connectivity index (χ3v) is 6.00. The highest BCUT2D eigenvalue weighted by atomic mass is 19.1. The molecule has 33 heavy (non-hydrogen) atoms. The van der Waals surface area contributed by atoms with Crippen LogP contribution in [-0.4, -0.2) is 42.0 Å². The first-order valence-corrected chi connectivity index (χ1v) is 10.9. The van der Waals surface area contributed by atoms with Crippen molar-refractivity contribution < 1.29 is 14.1 Å². The molecule has 1 amide bonds. The Bertz CT molecular complexity index is 1190. The zero-order valence-electron chi connectivity index (χ0n) is 18.5. The summed E-state index contributed by atoms with van der Waals surface area (Å²) in [5.74, 6) is -0.625. The molecular formula is C24H26FN5O3. The Hall–Kier alpha value is -3.75. The van der Waals surface area contributed by atoms with Crippen molar-refractivity contribution in [2.45, 2.75) is 37.8 Å². The number of pyridine rings is 1. The van der Waals surface area contributed by atoms with Gasteiger partial charge in [-0.2, -0.15) is 0 Å². The highest BCUT2D eigenvalue weighted by Gasteiger charge is 2.25. The van der Waals surface area contributed by atoms with Gasteiger partial charge in [-0.15, -0.1) is 0 Å². The molecule has 0 saturated heterocycles. The molecule has 1 aliphatic rings. The molecule has 0 spiro atoms. The highest BCUT2D eigenvalue weighted by molar-refractivity contribution is 5.95. The summed E-state index contributed by atoms with van der Waals surface area (Å²) in [6, 6.07) is 13.3. The number of non-ortho nitro benzene ring substituents is 1. The van der Waals surface area contributed by atoms with E-state index < -0.39 is 16.6 Å². The summed E-state index contributed by atoms with van der Waals surface area (Å²) >= 11 is 0. The fourth-order valence-corrected chi connectivity index (χ4v) is 4.26. The Morgan fingerprint density at radius 1 is 1.09 bits per heavy atom. The van der Waals surface area contributed by atoms with Crippen molar-refractivity contribution in [3.05, 3.63) is 70.0 Å². The average molecular weight is 452 g/mol. The lowest BCUT2D eigenvalue weighted by molar-refractivity contribution is -0.385. The summed E-state index contributed by atoms with van der Waals surface area (Å²) in [7, 11) is 4.01. The smallest absolute Gasteiger partial charge is 0.272 e. The van der Waals surface area contributed by atoms with E-state index in [1.54, 1.807) is 0 Å². The molecular weight excluding hydrogens is 425 g/mol.